The molecule has 1 aliphatic heterocycles. The highest BCUT2D eigenvalue weighted by Crippen LogP contribution is 2.34. The number of hydrogen-bond acceptors (Lipinski definition) is 6. The third kappa shape index (κ3) is 5.72. The van der Waals surface area contributed by atoms with Gasteiger partial charge in [0.25, 0.3) is 11.8 Å². The fourth-order valence-electron chi connectivity index (χ4n) is 3.91. The molecule has 8 nitrogen and oxygen atoms in total. The van der Waals surface area contributed by atoms with Crippen molar-refractivity contribution in [1.82, 2.24) is 9.91 Å². The van der Waals surface area contributed by atoms with Crippen LogP contribution >= 0.6 is 11.6 Å². The standard InChI is InChI=1S/C26H26ClN3O5/c1-33-14-12-29(26(32)24-7-4-13-35-24)17-25(31)30-23(18-8-10-20(27)11-9-18)16-22(28-30)19-5-3-6-21(15-19)34-2/h3-11,13,15,23H,12,14,16-17H2,1-2H3/t23-/m0/s1. The van der Waals surface area contributed by atoms with Crippen LogP contribution in [0, 0.1) is 0 Å². The molecule has 0 saturated heterocycles. The third-order valence-electron chi connectivity index (χ3n) is 5.73. The predicted octanol–water partition coefficient (Wildman–Crippen LogP) is 4.41. The molecule has 2 heterocycles. The van der Waals surface area contributed by atoms with E-state index in [1.807, 2.05) is 36.4 Å². The first-order valence-corrected chi connectivity index (χ1v) is 11.5. The van der Waals surface area contributed by atoms with E-state index in [4.69, 9.17) is 25.5 Å². The summed E-state index contributed by atoms with van der Waals surface area (Å²) in [6, 6.07) is 17.7. The number of rotatable bonds is 9. The Bertz CT molecular complexity index is 1190. The molecule has 9 heteroatoms. The molecule has 1 atom stereocenters. The van der Waals surface area contributed by atoms with Crippen LogP contribution in [0.5, 0.6) is 5.75 Å². The highest BCUT2D eigenvalue weighted by Gasteiger charge is 2.35. The Morgan fingerprint density at radius 3 is 2.63 bits per heavy atom. The molecule has 182 valence electrons. The van der Waals surface area contributed by atoms with E-state index in [2.05, 4.69) is 5.10 Å². The normalized spacial score (nSPS) is 15.1. The van der Waals surface area contributed by atoms with Crippen LogP contribution in [-0.4, -0.2) is 61.4 Å². The van der Waals surface area contributed by atoms with Gasteiger partial charge in [0.2, 0.25) is 0 Å². The second kappa shape index (κ2) is 11.2. The van der Waals surface area contributed by atoms with E-state index in [9.17, 15) is 9.59 Å². The number of halogens is 1. The summed E-state index contributed by atoms with van der Waals surface area (Å²) < 4.78 is 15.7. The van der Waals surface area contributed by atoms with Gasteiger partial charge in [-0.25, -0.2) is 5.01 Å². The third-order valence-corrected chi connectivity index (χ3v) is 5.99. The lowest BCUT2D eigenvalue weighted by atomic mass is 9.98. The topological polar surface area (TPSA) is 84.6 Å². The molecular formula is C26H26ClN3O5. The summed E-state index contributed by atoms with van der Waals surface area (Å²) in [5.74, 6) is 0.149. The second-order valence-electron chi connectivity index (χ2n) is 7.99. The summed E-state index contributed by atoms with van der Waals surface area (Å²) in [5, 5.41) is 6.75. The fraction of sp³-hybridized carbons (Fsp3) is 0.269. The van der Waals surface area contributed by atoms with E-state index in [-0.39, 0.29) is 43.3 Å². The van der Waals surface area contributed by atoms with E-state index in [1.165, 1.54) is 16.2 Å². The van der Waals surface area contributed by atoms with E-state index in [1.54, 1.807) is 38.5 Å². The molecule has 35 heavy (non-hydrogen) atoms. The van der Waals surface area contributed by atoms with Crippen LogP contribution in [0.15, 0.2) is 76.4 Å². The zero-order valence-electron chi connectivity index (χ0n) is 19.5. The molecule has 0 spiro atoms. The van der Waals surface area contributed by atoms with Gasteiger partial charge in [0, 0.05) is 30.7 Å². The van der Waals surface area contributed by atoms with Gasteiger partial charge in [-0.1, -0.05) is 35.9 Å². The van der Waals surface area contributed by atoms with Crippen LogP contribution in [0.4, 0.5) is 0 Å². The Kier molecular flexibility index (Phi) is 7.84. The van der Waals surface area contributed by atoms with Gasteiger partial charge < -0.3 is 18.8 Å². The van der Waals surface area contributed by atoms with Gasteiger partial charge in [0.05, 0.1) is 31.7 Å². The van der Waals surface area contributed by atoms with Gasteiger partial charge in [-0.3, -0.25) is 9.59 Å². The van der Waals surface area contributed by atoms with Gasteiger partial charge in [0.15, 0.2) is 5.76 Å². The number of methoxy groups -OCH3 is 2. The van der Waals surface area contributed by atoms with Crippen molar-refractivity contribution in [2.75, 3.05) is 33.9 Å². The van der Waals surface area contributed by atoms with Crippen LogP contribution < -0.4 is 4.74 Å². The van der Waals surface area contributed by atoms with Gasteiger partial charge in [-0.15, -0.1) is 0 Å². The van der Waals surface area contributed by atoms with Crippen LogP contribution in [0.2, 0.25) is 5.02 Å². The molecule has 1 aliphatic rings. The summed E-state index contributed by atoms with van der Waals surface area (Å²) in [7, 11) is 3.14. The summed E-state index contributed by atoms with van der Waals surface area (Å²) in [5.41, 5.74) is 2.50. The summed E-state index contributed by atoms with van der Waals surface area (Å²) in [4.78, 5) is 27.9. The first kappa shape index (κ1) is 24.5. The monoisotopic (exact) mass is 495 g/mol. The fourth-order valence-corrected chi connectivity index (χ4v) is 4.03. The van der Waals surface area contributed by atoms with Crippen molar-refractivity contribution in [3.05, 3.63) is 88.8 Å². The maximum Gasteiger partial charge on any atom is 0.290 e. The van der Waals surface area contributed by atoms with Crippen LogP contribution in [-0.2, 0) is 9.53 Å². The first-order valence-electron chi connectivity index (χ1n) is 11.1. The van der Waals surface area contributed by atoms with E-state index in [0.29, 0.717) is 17.2 Å². The molecule has 0 bridgehead atoms. The van der Waals surface area contributed by atoms with Crippen molar-refractivity contribution in [3.63, 3.8) is 0 Å². The minimum absolute atomic E-state index is 0.158. The lowest BCUT2D eigenvalue weighted by Gasteiger charge is -2.26. The number of amides is 2. The zero-order chi connectivity index (χ0) is 24.8. The largest absolute Gasteiger partial charge is 0.497 e. The number of furan rings is 1. The van der Waals surface area contributed by atoms with Crippen LogP contribution in [0.3, 0.4) is 0 Å². The second-order valence-corrected chi connectivity index (χ2v) is 8.42. The molecule has 0 fully saturated rings. The predicted molar refractivity (Wildman–Crippen MR) is 132 cm³/mol. The quantitative estimate of drug-likeness (QED) is 0.439. The van der Waals surface area contributed by atoms with Crippen molar-refractivity contribution < 1.29 is 23.5 Å². The smallest absolute Gasteiger partial charge is 0.290 e. The van der Waals surface area contributed by atoms with E-state index >= 15 is 0 Å². The summed E-state index contributed by atoms with van der Waals surface area (Å²) >= 11 is 6.09. The number of hydrazone groups is 1. The minimum Gasteiger partial charge on any atom is -0.497 e. The summed E-state index contributed by atoms with van der Waals surface area (Å²) in [6.45, 7) is 0.328. The molecule has 2 aromatic carbocycles. The molecule has 0 saturated carbocycles. The zero-order valence-corrected chi connectivity index (χ0v) is 20.3. The Hall–Kier alpha value is -3.62. The Labute approximate surface area is 208 Å². The maximum absolute atomic E-state index is 13.5. The number of carbonyl (C=O) groups excluding carboxylic acids is 2. The number of nitrogens with zero attached hydrogens (tertiary/aromatic N) is 3. The van der Waals surface area contributed by atoms with Gasteiger partial charge in [-0.05, 0) is 42.0 Å². The molecule has 0 N–H and O–H groups in total. The van der Waals surface area contributed by atoms with E-state index < -0.39 is 0 Å². The highest BCUT2D eigenvalue weighted by molar-refractivity contribution is 6.30. The van der Waals surface area contributed by atoms with Gasteiger partial charge in [-0.2, -0.15) is 5.10 Å². The molecule has 0 radical (unpaired) electrons. The molecule has 0 aliphatic carbocycles. The maximum atomic E-state index is 13.5. The number of carbonyl (C=O) groups is 2. The average Bonchev–Trinajstić information content (AvgIpc) is 3.57. The SMILES string of the molecule is COCCN(CC(=O)N1N=C(c2cccc(OC)c2)C[C@H]1c1ccc(Cl)cc1)C(=O)c1ccco1. The number of ether oxygens (including phenoxy) is 2. The van der Waals surface area contributed by atoms with Gasteiger partial charge >= 0.3 is 0 Å². The highest BCUT2D eigenvalue weighted by atomic mass is 35.5. The van der Waals surface area contributed by atoms with E-state index in [0.717, 1.165) is 16.8 Å². The lowest BCUT2D eigenvalue weighted by molar-refractivity contribution is -0.133. The molecule has 2 amide bonds. The Morgan fingerprint density at radius 2 is 1.94 bits per heavy atom. The minimum atomic E-state index is -0.389. The number of hydrogen-bond donors (Lipinski definition) is 0. The Morgan fingerprint density at radius 1 is 1.14 bits per heavy atom. The Balaban J connectivity index is 1.63. The van der Waals surface area contributed by atoms with Crippen molar-refractivity contribution in [3.8, 4) is 5.75 Å². The average molecular weight is 496 g/mol. The molecular weight excluding hydrogens is 470 g/mol. The molecule has 3 aromatic rings. The van der Waals surface area contributed by atoms with Crippen molar-refractivity contribution in [2.45, 2.75) is 12.5 Å². The molecule has 4 rings (SSSR count). The van der Waals surface area contributed by atoms with Crippen molar-refractivity contribution >= 4 is 29.1 Å². The molecule has 1 aromatic heterocycles. The molecule has 0 unspecified atom stereocenters. The van der Waals surface area contributed by atoms with Gasteiger partial charge in [0.1, 0.15) is 12.3 Å². The van der Waals surface area contributed by atoms with Crippen LogP contribution in [0.25, 0.3) is 0 Å². The first-order chi connectivity index (χ1) is 17.0. The van der Waals surface area contributed by atoms with Crippen molar-refractivity contribution in [1.29, 1.82) is 0 Å². The lowest BCUT2D eigenvalue weighted by Crippen LogP contribution is -2.42. The van der Waals surface area contributed by atoms with Crippen LogP contribution in [0.1, 0.15) is 34.1 Å². The van der Waals surface area contributed by atoms with Crippen molar-refractivity contribution in [2.24, 2.45) is 5.10 Å². The number of benzene rings is 2. The summed E-state index contributed by atoms with van der Waals surface area (Å²) in [6.07, 6.45) is 1.93.